The minimum atomic E-state index is 0.121. The van der Waals surface area contributed by atoms with Crippen LogP contribution in [0.2, 0.25) is 0 Å². The molecule has 0 saturated heterocycles. The predicted molar refractivity (Wildman–Crippen MR) is 79.6 cm³/mol. The molecular formula is C16H23N3O. The Bertz CT molecular complexity index is 519. The van der Waals surface area contributed by atoms with Crippen LogP contribution in [0.4, 0.5) is 0 Å². The Morgan fingerprint density at radius 3 is 2.60 bits per heavy atom. The molecule has 1 heterocycles. The Hall–Kier alpha value is -1.68. The molecule has 0 spiro atoms. The van der Waals surface area contributed by atoms with Crippen molar-refractivity contribution in [1.29, 1.82) is 0 Å². The third-order valence-corrected chi connectivity index (χ3v) is 3.30. The van der Waals surface area contributed by atoms with Crippen LogP contribution in [-0.2, 0) is 12.8 Å². The number of rotatable bonds is 7. The summed E-state index contributed by atoms with van der Waals surface area (Å²) in [5, 5.41) is 11.6. The topological polar surface area (TPSA) is 51.0 Å². The first-order valence-electron chi connectivity index (χ1n) is 7.30. The Morgan fingerprint density at radius 1 is 1.15 bits per heavy atom. The highest BCUT2D eigenvalue weighted by Crippen LogP contribution is 2.13. The molecule has 1 aromatic heterocycles. The lowest BCUT2D eigenvalue weighted by atomic mass is 10.1. The van der Waals surface area contributed by atoms with Gasteiger partial charge in [0.1, 0.15) is 0 Å². The van der Waals surface area contributed by atoms with Gasteiger partial charge in [0, 0.05) is 6.42 Å². The molecule has 0 aliphatic heterocycles. The molecule has 0 fully saturated rings. The van der Waals surface area contributed by atoms with Crippen LogP contribution in [0.5, 0.6) is 0 Å². The zero-order chi connectivity index (χ0) is 14.4. The zero-order valence-corrected chi connectivity index (χ0v) is 12.5. The smallest absolute Gasteiger partial charge is 0.233 e. The van der Waals surface area contributed by atoms with Gasteiger partial charge in [0.05, 0.1) is 6.04 Å². The molecule has 4 nitrogen and oxygen atoms in total. The molecule has 1 aromatic carbocycles. The van der Waals surface area contributed by atoms with E-state index >= 15 is 0 Å². The van der Waals surface area contributed by atoms with Gasteiger partial charge in [0.25, 0.3) is 0 Å². The van der Waals surface area contributed by atoms with Gasteiger partial charge >= 0.3 is 0 Å². The summed E-state index contributed by atoms with van der Waals surface area (Å²) in [6.45, 7) is 7.24. The number of benzene rings is 1. The van der Waals surface area contributed by atoms with Crippen molar-refractivity contribution in [1.82, 2.24) is 15.5 Å². The van der Waals surface area contributed by atoms with Gasteiger partial charge in [0.15, 0.2) is 0 Å². The summed E-state index contributed by atoms with van der Waals surface area (Å²) in [7, 11) is 0. The lowest BCUT2D eigenvalue weighted by Gasteiger charge is -2.07. The van der Waals surface area contributed by atoms with Crippen molar-refractivity contribution in [3.05, 3.63) is 47.2 Å². The summed E-state index contributed by atoms with van der Waals surface area (Å²) in [6, 6.07) is 8.68. The largest absolute Gasteiger partial charge is 0.424 e. The SMILES string of the molecule is CCCNC(C)c1nnc(CCc2ccc(C)cc2)o1. The van der Waals surface area contributed by atoms with E-state index in [2.05, 4.69) is 53.6 Å². The second-order valence-corrected chi connectivity index (χ2v) is 5.20. The monoisotopic (exact) mass is 273 g/mol. The Kier molecular flexibility index (Phi) is 5.30. The minimum absolute atomic E-state index is 0.121. The van der Waals surface area contributed by atoms with E-state index in [0.717, 1.165) is 25.8 Å². The summed E-state index contributed by atoms with van der Waals surface area (Å²) in [5.74, 6) is 1.39. The number of nitrogens with zero attached hydrogens (tertiary/aromatic N) is 2. The first-order valence-corrected chi connectivity index (χ1v) is 7.30. The molecular weight excluding hydrogens is 250 g/mol. The fourth-order valence-corrected chi connectivity index (χ4v) is 2.00. The first kappa shape index (κ1) is 14.7. The number of aryl methyl sites for hydroxylation is 3. The summed E-state index contributed by atoms with van der Waals surface area (Å²) in [6.07, 6.45) is 2.81. The number of nitrogens with one attached hydrogen (secondary N) is 1. The van der Waals surface area contributed by atoms with E-state index < -0.39 is 0 Å². The van der Waals surface area contributed by atoms with Crippen molar-refractivity contribution >= 4 is 0 Å². The minimum Gasteiger partial charge on any atom is -0.424 e. The van der Waals surface area contributed by atoms with Crippen molar-refractivity contribution in [3.8, 4) is 0 Å². The second kappa shape index (κ2) is 7.20. The van der Waals surface area contributed by atoms with Crippen LogP contribution in [0, 0.1) is 6.92 Å². The number of hydrogen-bond acceptors (Lipinski definition) is 4. The van der Waals surface area contributed by atoms with Crippen LogP contribution < -0.4 is 5.32 Å². The molecule has 4 heteroatoms. The van der Waals surface area contributed by atoms with Crippen LogP contribution in [0.1, 0.15) is 49.2 Å². The lowest BCUT2D eigenvalue weighted by molar-refractivity contribution is 0.393. The summed E-state index contributed by atoms with van der Waals surface area (Å²) < 4.78 is 5.70. The van der Waals surface area contributed by atoms with Gasteiger partial charge < -0.3 is 9.73 Å². The van der Waals surface area contributed by atoms with Gasteiger partial charge in [-0.15, -0.1) is 10.2 Å². The normalized spacial score (nSPS) is 12.6. The third-order valence-electron chi connectivity index (χ3n) is 3.30. The zero-order valence-electron chi connectivity index (χ0n) is 12.5. The van der Waals surface area contributed by atoms with Crippen LogP contribution in [0.25, 0.3) is 0 Å². The van der Waals surface area contributed by atoms with Gasteiger partial charge in [-0.25, -0.2) is 0 Å². The van der Waals surface area contributed by atoms with Gasteiger partial charge in [0.2, 0.25) is 11.8 Å². The third kappa shape index (κ3) is 4.17. The highest BCUT2D eigenvalue weighted by atomic mass is 16.4. The Labute approximate surface area is 120 Å². The summed E-state index contributed by atoms with van der Waals surface area (Å²) >= 11 is 0. The fourth-order valence-electron chi connectivity index (χ4n) is 2.00. The lowest BCUT2D eigenvalue weighted by Crippen LogP contribution is -2.19. The Balaban J connectivity index is 1.87. The molecule has 1 atom stereocenters. The average molecular weight is 273 g/mol. The van der Waals surface area contributed by atoms with Crippen molar-refractivity contribution in [2.24, 2.45) is 0 Å². The molecule has 0 saturated carbocycles. The van der Waals surface area contributed by atoms with E-state index in [1.807, 2.05) is 6.92 Å². The molecule has 1 unspecified atom stereocenters. The van der Waals surface area contributed by atoms with E-state index in [4.69, 9.17) is 4.42 Å². The first-order chi connectivity index (χ1) is 9.69. The van der Waals surface area contributed by atoms with Crippen LogP contribution in [0.15, 0.2) is 28.7 Å². The van der Waals surface area contributed by atoms with Crippen molar-refractivity contribution in [2.75, 3.05) is 6.54 Å². The molecule has 0 bridgehead atoms. The van der Waals surface area contributed by atoms with Crippen LogP contribution >= 0.6 is 0 Å². The average Bonchev–Trinajstić information content (AvgIpc) is 2.93. The maximum atomic E-state index is 5.70. The van der Waals surface area contributed by atoms with Crippen LogP contribution in [0.3, 0.4) is 0 Å². The summed E-state index contributed by atoms with van der Waals surface area (Å²) in [5.41, 5.74) is 2.58. The number of aromatic nitrogens is 2. The van der Waals surface area contributed by atoms with E-state index in [0.29, 0.717) is 11.8 Å². The molecule has 0 aliphatic rings. The quantitative estimate of drug-likeness (QED) is 0.841. The highest BCUT2D eigenvalue weighted by Gasteiger charge is 2.12. The molecule has 0 radical (unpaired) electrons. The fraction of sp³-hybridized carbons (Fsp3) is 0.500. The maximum Gasteiger partial charge on any atom is 0.233 e. The molecule has 20 heavy (non-hydrogen) atoms. The van der Waals surface area contributed by atoms with Gasteiger partial charge in [-0.1, -0.05) is 36.8 Å². The van der Waals surface area contributed by atoms with Gasteiger partial charge in [-0.3, -0.25) is 0 Å². The molecule has 108 valence electrons. The Morgan fingerprint density at radius 2 is 1.90 bits per heavy atom. The molecule has 0 aliphatic carbocycles. The second-order valence-electron chi connectivity index (χ2n) is 5.20. The maximum absolute atomic E-state index is 5.70. The van der Waals surface area contributed by atoms with E-state index in [1.54, 1.807) is 0 Å². The molecule has 1 N–H and O–H groups in total. The van der Waals surface area contributed by atoms with Crippen molar-refractivity contribution in [2.45, 2.75) is 46.1 Å². The van der Waals surface area contributed by atoms with Gasteiger partial charge in [-0.2, -0.15) is 0 Å². The van der Waals surface area contributed by atoms with Crippen molar-refractivity contribution < 1.29 is 4.42 Å². The predicted octanol–water partition coefficient (Wildman–Crippen LogP) is 3.22. The van der Waals surface area contributed by atoms with E-state index in [-0.39, 0.29) is 6.04 Å². The summed E-state index contributed by atoms with van der Waals surface area (Å²) in [4.78, 5) is 0. The van der Waals surface area contributed by atoms with Crippen LogP contribution in [-0.4, -0.2) is 16.7 Å². The molecule has 0 amide bonds. The van der Waals surface area contributed by atoms with Gasteiger partial charge in [-0.05, 0) is 38.8 Å². The molecule has 2 rings (SSSR count). The molecule has 2 aromatic rings. The standard InChI is InChI=1S/C16H23N3O/c1-4-11-17-13(3)16-19-18-15(20-16)10-9-14-7-5-12(2)6-8-14/h5-8,13,17H,4,9-11H2,1-3H3. The van der Waals surface area contributed by atoms with Crippen molar-refractivity contribution in [3.63, 3.8) is 0 Å². The van der Waals surface area contributed by atoms with E-state index in [1.165, 1.54) is 11.1 Å². The number of hydrogen-bond donors (Lipinski definition) is 1. The van der Waals surface area contributed by atoms with E-state index in [9.17, 15) is 0 Å². The highest BCUT2D eigenvalue weighted by molar-refractivity contribution is 5.21.